The van der Waals surface area contributed by atoms with Crippen molar-refractivity contribution in [2.45, 2.75) is 45.1 Å². The van der Waals surface area contributed by atoms with Gasteiger partial charge in [-0.2, -0.15) is 0 Å². The van der Waals surface area contributed by atoms with E-state index in [0.717, 1.165) is 25.7 Å². The molecule has 0 amide bonds. The van der Waals surface area contributed by atoms with E-state index in [-0.39, 0.29) is 5.92 Å². The first-order valence-corrected chi connectivity index (χ1v) is 5.13. The molecule has 13 heavy (non-hydrogen) atoms. The normalized spacial score (nSPS) is 31.2. The van der Waals surface area contributed by atoms with Crippen molar-refractivity contribution < 1.29 is 9.90 Å². The van der Waals surface area contributed by atoms with Crippen LogP contribution in [0.3, 0.4) is 0 Å². The summed E-state index contributed by atoms with van der Waals surface area (Å²) in [6, 6.07) is -0.644. The minimum absolute atomic E-state index is 0.205. The predicted octanol–water partition coefficient (Wildman–Crippen LogP) is 1.61. The highest BCUT2D eigenvalue weighted by molar-refractivity contribution is 5.73. The van der Waals surface area contributed by atoms with Crippen LogP contribution in [-0.2, 0) is 4.79 Å². The van der Waals surface area contributed by atoms with Gasteiger partial charge in [-0.05, 0) is 24.7 Å². The highest BCUT2D eigenvalue weighted by Gasteiger charge is 2.29. The topological polar surface area (TPSA) is 63.3 Å². The van der Waals surface area contributed by atoms with E-state index in [9.17, 15) is 4.79 Å². The molecular weight excluding hydrogens is 166 g/mol. The predicted molar refractivity (Wildman–Crippen MR) is 51.4 cm³/mol. The molecule has 0 saturated heterocycles. The minimum Gasteiger partial charge on any atom is -0.480 e. The fraction of sp³-hybridized carbons (Fsp3) is 0.900. The lowest BCUT2D eigenvalue weighted by molar-refractivity contribution is -0.140. The van der Waals surface area contributed by atoms with Gasteiger partial charge in [-0.15, -0.1) is 0 Å². The van der Waals surface area contributed by atoms with Crippen LogP contribution in [0.2, 0.25) is 0 Å². The monoisotopic (exact) mass is 185 g/mol. The molecule has 0 aliphatic heterocycles. The Balaban J connectivity index is 2.46. The number of rotatable bonds is 3. The third-order valence-electron chi connectivity index (χ3n) is 3.19. The van der Waals surface area contributed by atoms with Gasteiger partial charge in [0.15, 0.2) is 0 Å². The average Bonchev–Trinajstić information content (AvgIpc) is 2.16. The van der Waals surface area contributed by atoms with Gasteiger partial charge in [-0.1, -0.05) is 26.2 Å². The maximum Gasteiger partial charge on any atom is 0.320 e. The lowest BCUT2D eigenvalue weighted by Crippen LogP contribution is -2.40. The van der Waals surface area contributed by atoms with Gasteiger partial charge in [0.25, 0.3) is 0 Å². The van der Waals surface area contributed by atoms with Crippen molar-refractivity contribution in [3.05, 3.63) is 0 Å². The SMILES string of the molecule is CCC1CCCC(C(N)C(=O)O)C1. The molecule has 3 heteroatoms. The molecule has 3 unspecified atom stereocenters. The zero-order valence-corrected chi connectivity index (χ0v) is 8.20. The van der Waals surface area contributed by atoms with Gasteiger partial charge in [-0.25, -0.2) is 0 Å². The summed E-state index contributed by atoms with van der Waals surface area (Å²) in [5, 5.41) is 8.77. The van der Waals surface area contributed by atoms with E-state index in [0.29, 0.717) is 5.92 Å². The van der Waals surface area contributed by atoms with Crippen LogP contribution in [0.1, 0.15) is 39.0 Å². The van der Waals surface area contributed by atoms with Crippen LogP contribution < -0.4 is 5.73 Å². The van der Waals surface area contributed by atoms with Crippen LogP contribution in [-0.4, -0.2) is 17.1 Å². The van der Waals surface area contributed by atoms with Crippen molar-refractivity contribution in [2.75, 3.05) is 0 Å². The zero-order valence-electron chi connectivity index (χ0n) is 8.20. The molecule has 1 rings (SSSR count). The number of carbonyl (C=O) groups is 1. The summed E-state index contributed by atoms with van der Waals surface area (Å²) in [5.41, 5.74) is 5.61. The van der Waals surface area contributed by atoms with E-state index in [2.05, 4.69) is 6.92 Å². The van der Waals surface area contributed by atoms with Crippen molar-refractivity contribution >= 4 is 5.97 Å². The summed E-state index contributed by atoms with van der Waals surface area (Å²) in [4.78, 5) is 10.7. The van der Waals surface area contributed by atoms with Crippen molar-refractivity contribution in [1.29, 1.82) is 0 Å². The maximum atomic E-state index is 10.7. The van der Waals surface area contributed by atoms with Crippen molar-refractivity contribution in [3.8, 4) is 0 Å². The summed E-state index contributed by atoms with van der Waals surface area (Å²) in [6.07, 6.45) is 5.54. The smallest absolute Gasteiger partial charge is 0.320 e. The third-order valence-corrected chi connectivity index (χ3v) is 3.19. The van der Waals surface area contributed by atoms with Crippen LogP contribution in [0.5, 0.6) is 0 Å². The largest absolute Gasteiger partial charge is 0.480 e. The van der Waals surface area contributed by atoms with Gasteiger partial charge in [0.05, 0.1) is 0 Å². The van der Waals surface area contributed by atoms with Crippen LogP contribution in [0.15, 0.2) is 0 Å². The molecule has 3 nitrogen and oxygen atoms in total. The molecule has 1 fully saturated rings. The zero-order chi connectivity index (χ0) is 9.84. The van der Waals surface area contributed by atoms with Crippen LogP contribution in [0.25, 0.3) is 0 Å². The molecule has 3 atom stereocenters. The van der Waals surface area contributed by atoms with Gasteiger partial charge in [0.1, 0.15) is 6.04 Å². The molecule has 1 saturated carbocycles. The van der Waals surface area contributed by atoms with E-state index < -0.39 is 12.0 Å². The molecule has 0 aromatic heterocycles. The second-order valence-electron chi connectivity index (χ2n) is 4.06. The van der Waals surface area contributed by atoms with E-state index in [4.69, 9.17) is 10.8 Å². The Kier molecular flexibility index (Phi) is 3.72. The van der Waals surface area contributed by atoms with E-state index >= 15 is 0 Å². The average molecular weight is 185 g/mol. The van der Waals surface area contributed by atoms with Crippen molar-refractivity contribution in [2.24, 2.45) is 17.6 Å². The quantitative estimate of drug-likeness (QED) is 0.702. The first-order chi connectivity index (χ1) is 6.15. The van der Waals surface area contributed by atoms with Crippen molar-refractivity contribution in [3.63, 3.8) is 0 Å². The molecule has 1 aliphatic rings. The van der Waals surface area contributed by atoms with Crippen LogP contribution in [0.4, 0.5) is 0 Å². The number of carboxylic acids is 1. The van der Waals surface area contributed by atoms with Gasteiger partial charge in [0.2, 0.25) is 0 Å². The Morgan fingerprint density at radius 1 is 1.62 bits per heavy atom. The lowest BCUT2D eigenvalue weighted by atomic mass is 9.77. The highest BCUT2D eigenvalue weighted by atomic mass is 16.4. The number of aliphatic carboxylic acids is 1. The first kappa shape index (κ1) is 10.5. The molecule has 76 valence electrons. The van der Waals surface area contributed by atoms with Crippen LogP contribution >= 0.6 is 0 Å². The second-order valence-corrected chi connectivity index (χ2v) is 4.06. The second kappa shape index (κ2) is 4.61. The molecular formula is C10H19NO2. The van der Waals surface area contributed by atoms with Gasteiger partial charge < -0.3 is 10.8 Å². The van der Waals surface area contributed by atoms with Gasteiger partial charge in [-0.3, -0.25) is 4.79 Å². The Bertz CT molecular complexity index is 182. The summed E-state index contributed by atoms with van der Waals surface area (Å²) >= 11 is 0. The summed E-state index contributed by atoms with van der Waals surface area (Å²) in [5.74, 6) is 0.0575. The number of carboxylic acid groups (broad SMARTS) is 1. The van der Waals surface area contributed by atoms with Gasteiger partial charge in [0, 0.05) is 0 Å². The molecule has 0 radical (unpaired) electrons. The summed E-state index contributed by atoms with van der Waals surface area (Å²) in [6.45, 7) is 2.17. The highest BCUT2D eigenvalue weighted by Crippen LogP contribution is 2.32. The maximum absolute atomic E-state index is 10.7. The van der Waals surface area contributed by atoms with Gasteiger partial charge >= 0.3 is 5.97 Å². The van der Waals surface area contributed by atoms with E-state index in [1.54, 1.807) is 0 Å². The number of nitrogens with two attached hydrogens (primary N) is 1. The van der Waals surface area contributed by atoms with E-state index in [1.165, 1.54) is 6.42 Å². The molecule has 0 bridgehead atoms. The molecule has 0 aromatic rings. The Morgan fingerprint density at radius 3 is 2.85 bits per heavy atom. The number of hydrogen-bond donors (Lipinski definition) is 2. The fourth-order valence-corrected chi connectivity index (χ4v) is 2.23. The molecule has 0 aromatic carbocycles. The molecule has 0 heterocycles. The van der Waals surface area contributed by atoms with E-state index in [1.807, 2.05) is 0 Å². The summed E-state index contributed by atoms with van der Waals surface area (Å²) < 4.78 is 0. The fourth-order valence-electron chi connectivity index (χ4n) is 2.23. The molecule has 3 N–H and O–H groups in total. The molecule has 1 aliphatic carbocycles. The third kappa shape index (κ3) is 2.69. The van der Waals surface area contributed by atoms with Crippen molar-refractivity contribution in [1.82, 2.24) is 0 Å². The van der Waals surface area contributed by atoms with Crippen LogP contribution in [0, 0.1) is 11.8 Å². The minimum atomic E-state index is -0.846. The first-order valence-electron chi connectivity index (χ1n) is 5.13. The Labute approximate surface area is 79.3 Å². The molecule has 0 spiro atoms. The summed E-state index contributed by atoms with van der Waals surface area (Å²) in [7, 11) is 0. The number of hydrogen-bond acceptors (Lipinski definition) is 2. The lowest BCUT2D eigenvalue weighted by Gasteiger charge is -2.30. The Morgan fingerprint density at radius 2 is 2.31 bits per heavy atom. The standard InChI is InChI=1S/C10H19NO2/c1-2-7-4-3-5-8(6-7)9(11)10(12)13/h7-9H,2-6,11H2,1H3,(H,12,13). The Hall–Kier alpha value is -0.570.